The van der Waals surface area contributed by atoms with Crippen molar-refractivity contribution < 1.29 is 9.53 Å². The minimum absolute atomic E-state index is 0.00446. The molecule has 104 valence electrons. The number of pyridine rings is 1. The molecule has 0 unspecified atom stereocenters. The molecule has 1 atom stereocenters. The summed E-state index contributed by atoms with van der Waals surface area (Å²) in [6.45, 7) is 3.23. The van der Waals surface area contributed by atoms with Crippen molar-refractivity contribution in [3.63, 3.8) is 0 Å². The lowest BCUT2D eigenvalue weighted by Gasteiger charge is -2.16. The third-order valence-corrected chi connectivity index (χ3v) is 4.00. The van der Waals surface area contributed by atoms with E-state index in [-0.39, 0.29) is 12.0 Å². The van der Waals surface area contributed by atoms with Crippen LogP contribution in [-0.2, 0) is 0 Å². The van der Waals surface area contributed by atoms with Crippen LogP contribution in [0, 0.1) is 6.92 Å². The fraction of sp³-hybridized carbons (Fsp3) is 0.357. The standard InChI is InChI=1S/C14H15N3O2S/c1-10-16-13(9-20-10)14(18)17-7-4-12(8-17)19-11-2-5-15-6-3-11/h2-3,5-6,9,12H,4,7-8H2,1H3/t12-/m1/s1. The second-order valence-electron chi connectivity index (χ2n) is 4.71. The van der Waals surface area contributed by atoms with Gasteiger partial charge >= 0.3 is 0 Å². The van der Waals surface area contributed by atoms with E-state index in [1.807, 2.05) is 24.4 Å². The Kier molecular flexibility index (Phi) is 3.64. The molecule has 3 rings (SSSR count). The van der Waals surface area contributed by atoms with Gasteiger partial charge in [0.2, 0.25) is 0 Å². The molecule has 1 fully saturated rings. The Balaban J connectivity index is 1.61. The van der Waals surface area contributed by atoms with Gasteiger partial charge in [0.1, 0.15) is 17.5 Å². The molecule has 0 aromatic carbocycles. The zero-order chi connectivity index (χ0) is 13.9. The summed E-state index contributed by atoms with van der Waals surface area (Å²) < 4.78 is 5.85. The number of amides is 1. The molecule has 5 nitrogen and oxygen atoms in total. The van der Waals surface area contributed by atoms with Crippen molar-refractivity contribution in [2.24, 2.45) is 0 Å². The number of nitrogens with zero attached hydrogens (tertiary/aromatic N) is 3. The summed E-state index contributed by atoms with van der Waals surface area (Å²) in [5, 5.41) is 2.73. The topological polar surface area (TPSA) is 55.3 Å². The summed E-state index contributed by atoms with van der Waals surface area (Å²) in [5.41, 5.74) is 0.539. The van der Waals surface area contributed by atoms with Crippen LogP contribution in [0.3, 0.4) is 0 Å². The Labute approximate surface area is 121 Å². The predicted molar refractivity (Wildman–Crippen MR) is 76.0 cm³/mol. The summed E-state index contributed by atoms with van der Waals surface area (Å²) in [6, 6.07) is 3.66. The monoisotopic (exact) mass is 289 g/mol. The van der Waals surface area contributed by atoms with Gasteiger partial charge in [-0.3, -0.25) is 9.78 Å². The number of rotatable bonds is 3. The fourth-order valence-corrected chi connectivity index (χ4v) is 2.83. The second-order valence-corrected chi connectivity index (χ2v) is 5.78. The lowest BCUT2D eigenvalue weighted by Crippen LogP contribution is -2.31. The van der Waals surface area contributed by atoms with Crippen molar-refractivity contribution in [3.05, 3.63) is 40.6 Å². The first-order valence-electron chi connectivity index (χ1n) is 6.50. The SMILES string of the molecule is Cc1nc(C(=O)N2CC[C@@H](Oc3ccncc3)C2)cs1. The minimum Gasteiger partial charge on any atom is -0.488 e. The summed E-state index contributed by atoms with van der Waals surface area (Å²) in [4.78, 5) is 22.3. The number of ether oxygens (including phenoxy) is 1. The molecule has 0 N–H and O–H groups in total. The maximum absolute atomic E-state index is 12.3. The van der Waals surface area contributed by atoms with E-state index in [9.17, 15) is 4.79 Å². The molecule has 0 aliphatic carbocycles. The average Bonchev–Trinajstić information content (AvgIpc) is 3.08. The Morgan fingerprint density at radius 1 is 1.45 bits per heavy atom. The highest BCUT2D eigenvalue weighted by atomic mass is 32.1. The van der Waals surface area contributed by atoms with Crippen LogP contribution in [0.1, 0.15) is 21.9 Å². The number of carbonyl (C=O) groups excluding carboxylic acids is 1. The molecule has 1 aliphatic rings. The third-order valence-electron chi connectivity index (χ3n) is 3.22. The number of hydrogen-bond donors (Lipinski definition) is 0. The summed E-state index contributed by atoms with van der Waals surface area (Å²) >= 11 is 1.50. The number of aryl methyl sites for hydroxylation is 1. The van der Waals surface area contributed by atoms with Crippen molar-refractivity contribution in [1.82, 2.24) is 14.9 Å². The van der Waals surface area contributed by atoms with E-state index in [4.69, 9.17) is 4.74 Å². The van der Waals surface area contributed by atoms with Gasteiger partial charge in [0.15, 0.2) is 0 Å². The summed E-state index contributed by atoms with van der Waals surface area (Å²) in [5.74, 6) is 0.791. The van der Waals surface area contributed by atoms with Crippen LogP contribution in [0.4, 0.5) is 0 Å². The molecule has 2 aromatic heterocycles. The molecule has 1 saturated heterocycles. The van der Waals surface area contributed by atoms with Gasteiger partial charge < -0.3 is 9.64 Å². The maximum atomic E-state index is 12.3. The minimum atomic E-state index is -0.00446. The second kappa shape index (κ2) is 5.58. The Hall–Kier alpha value is -1.95. The van der Waals surface area contributed by atoms with Crippen molar-refractivity contribution in [2.75, 3.05) is 13.1 Å². The lowest BCUT2D eigenvalue weighted by molar-refractivity contribution is 0.0767. The highest BCUT2D eigenvalue weighted by molar-refractivity contribution is 7.09. The predicted octanol–water partition coefficient (Wildman–Crippen LogP) is 2.14. The van der Waals surface area contributed by atoms with Gasteiger partial charge in [-0.2, -0.15) is 0 Å². The molecule has 1 amide bonds. The number of carbonyl (C=O) groups is 1. The highest BCUT2D eigenvalue weighted by Crippen LogP contribution is 2.19. The normalized spacial score (nSPS) is 18.2. The molecular weight excluding hydrogens is 274 g/mol. The van der Waals surface area contributed by atoms with Crippen LogP contribution in [0.25, 0.3) is 0 Å². The molecule has 6 heteroatoms. The molecule has 0 radical (unpaired) electrons. The van der Waals surface area contributed by atoms with Gasteiger partial charge in [0.05, 0.1) is 11.6 Å². The van der Waals surface area contributed by atoms with Gasteiger partial charge in [-0.25, -0.2) is 4.98 Å². The van der Waals surface area contributed by atoms with E-state index < -0.39 is 0 Å². The fourth-order valence-electron chi connectivity index (χ4n) is 2.24. The van der Waals surface area contributed by atoms with Gasteiger partial charge in [-0.05, 0) is 19.1 Å². The van der Waals surface area contributed by atoms with Crippen molar-refractivity contribution >= 4 is 17.2 Å². The molecule has 1 aliphatic heterocycles. The Morgan fingerprint density at radius 2 is 2.25 bits per heavy atom. The highest BCUT2D eigenvalue weighted by Gasteiger charge is 2.29. The van der Waals surface area contributed by atoms with Crippen LogP contribution in [0.5, 0.6) is 5.75 Å². The van der Waals surface area contributed by atoms with E-state index in [1.54, 1.807) is 17.3 Å². The smallest absolute Gasteiger partial charge is 0.273 e. The van der Waals surface area contributed by atoms with Crippen LogP contribution in [0.15, 0.2) is 29.9 Å². The van der Waals surface area contributed by atoms with E-state index in [1.165, 1.54) is 11.3 Å². The Bertz CT molecular complexity index is 599. The Morgan fingerprint density at radius 3 is 2.95 bits per heavy atom. The first-order chi connectivity index (χ1) is 9.72. The van der Waals surface area contributed by atoms with Crippen LogP contribution >= 0.6 is 11.3 Å². The molecule has 20 heavy (non-hydrogen) atoms. The first-order valence-corrected chi connectivity index (χ1v) is 7.38. The van der Waals surface area contributed by atoms with Crippen LogP contribution < -0.4 is 4.74 Å². The molecule has 0 bridgehead atoms. The average molecular weight is 289 g/mol. The van der Waals surface area contributed by atoms with E-state index in [0.29, 0.717) is 18.8 Å². The molecule has 3 heterocycles. The van der Waals surface area contributed by atoms with Gasteiger partial charge in [-0.1, -0.05) is 0 Å². The van der Waals surface area contributed by atoms with E-state index in [0.717, 1.165) is 17.2 Å². The number of hydrogen-bond acceptors (Lipinski definition) is 5. The zero-order valence-corrected chi connectivity index (χ0v) is 12.0. The van der Waals surface area contributed by atoms with Gasteiger partial charge in [0, 0.05) is 30.7 Å². The zero-order valence-electron chi connectivity index (χ0n) is 11.2. The quantitative estimate of drug-likeness (QED) is 0.868. The molecule has 2 aromatic rings. The van der Waals surface area contributed by atoms with E-state index >= 15 is 0 Å². The molecular formula is C14H15N3O2S. The van der Waals surface area contributed by atoms with Crippen LogP contribution in [-0.4, -0.2) is 40.0 Å². The van der Waals surface area contributed by atoms with Gasteiger partial charge in [-0.15, -0.1) is 11.3 Å². The third kappa shape index (κ3) is 2.80. The first kappa shape index (κ1) is 13.1. The molecule has 0 saturated carbocycles. The summed E-state index contributed by atoms with van der Waals surface area (Å²) in [6.07, 6.45) is 4.29. The largest absolute Gasteiger partial charge is 0.488 e. The number of aromatic nitrogens is 2. The maximum Gasteiger partial charge on any atom is 0.273 e. The van der Waals surface area contributed by atoms with Crippen molar-refractivity contribution in [3.8, 4) is 5.75 Å². The van der Waals surface area contributed by atoms with Crippen molar-refractivity contribution in [2.45, 2.75) is 19.4 Å². The number of likely N-dealkylation sites (tertiary alicyclic amines) is 1. The summed E-state index contributed by atoms with van der Waals surface area (Å²) in [7, 11) is 0. The number of thiazole rings is 1. The lowest BCUT2D eigenvalue weighted by atomic mass is 10.3. The van der Waals surface area contributed by atoms with E-state index in [2.05, 4.69) is 9.97 Å². The van der Waals surface area contributed by atoms with Crippen molar-refractivity contribution in [1.29, 1.82) is 0 Å². The van der Waals surface area contributed by atoms with Gasteiger partial charge in [0.25, 0.3) is 5.91 Å². The van der Waals surface area contributed by atoms with Crippen LogP contribution in [0.2, 0.25) is 0 Å². The molecule has 0 spiro atoms.